The van der Waals surface area contributed by atoms with Crippen molar-refractivity contribution in [3.05, 3.63) is 88.7 Å². The third kappa shape index (κ3) is 4.82. The van der Waals surface area contributed by atoms with E-state index in [0.717, 1.165) is 11.3 Å². The highest BCUT2D eigenvalue weighted by Gasteiger charge is 2.20. The Bertz CT molecular complexity index is 1750. The molecule has 3 heterocycles. The molecule has 178 valence electrons. The van der Waals surface area contributed by atoms with Crippen molar-refractivity contribution in [1.82, 2.24) is 15.0 Å². The lowest BCUT2D eigenvalue weighted by Crippen LogP contribution is -2.13. The second-order valence-electron chi connectivity index (χ2n) is 7.76. The van der Waals surface area contributed by atoms with Gasteiger partial charge in [-0.3, -0.25) is 10.1 Å². The van der Waals surface area contributed by atoms with E-state index in [1.807, 2.05) is 24.3 Å². The summed E-state index contributed by atoms with van der Waals surface area (Å²) in [4.78, 5) is 27.2. The van der Waals surface area contributed by atoms with Crippen LogP contribution in [0.3, 0.4) is 0 Å². The summed E-state index contributed by atoms with van der Waals surface area (Å²) in [5, 5.41) is 21.7. The summed E-state index contributed by atoms with van der Waals surface area (Å²) in [7, 11) is 1.51. The molecule has 0 unspecified atom stereocenters. The molecule has 0 aliphatic heterocycles. The monoisotopic (exact) mass is 522 g/mol. The first-order valence-electron chi connectivity index (χ1n) is 10.8. The maximum absolute atomic E-state index is 13.3. The Kier molecular flexibility index (Phi) is 6.48. The summed E-state index contributed by atoms with van der Waals surface area (Å²) in [6, 6.07) is 21.5. The van der Waals surface area contributed by atoms with E-state index in [0.29, 0.717) is 43.5 Å². The fourth-order valence-electron chi connectivity index (χ4n) is 3.73. The van der Waals surface area contributed by atoms with Crippen LogP contribution >= 0.6 is 22.9 Å². The zero-order valence-electron chi connectivity index (χ0n) is 19.2. The summed E-state index contributed by atoms with van der Waals surface area (Å²) in [5.41, 5.74) is 4.45. The molecule has 37 heavy (non-hydrogen) atoms. The maximum atomic E-state index is 13.3. The van der Waals surface area contributed by atoms with Crippen LogP contribution < -0.4 is 10.1 Å². The fourth-order valence-corrected chi connectivity index (χ4v) is 4.72. The third-order valence-electron chi connectivity index (χ3n) is 5.52. The number of nitriles is 2. The number of halogens is 1. The Morgan fingerprint density at radius 1 is 0.973 bits per heavy atom. The number of rotatable bonds is 5. The Hall–Kier alpha value is -4.83. The van der Waals surface area contributed by atoms with Crippen LogP contribution in [0.25, 0.3) is 32.7 Å². The SMILES string of the molecule is COc1ccc(C#N)cc1-c1cc(Cl)ncc1C(=O)Nc1nc2ccc(-c3ccc(C#N)cc3)nc2s1. The number of ether oxygens (including phenoxy) is 1. The first-order valence-corrected chi connectivity index (χ1v) is 12.0. The number of aromatic nitrogens is 3. The molecule has 0 bridgehead atoms. The Morgan fingerprint density at radius 3 is 2.46 bits per heavy atom. The Morgan fingerprint density at radius 2 is 1.73 bits per heavy atom. The molecule has 0 atom stereocenters. The van der Waals surface area contributed by atoms with Crippen molar-refractivity contribution >= 4 is 44.3 Å². The van der Waals surface area contributed by atoms with Gasteiger partial charge >= 0.3 is 0 Å². The van der Waals surface area contributed by atoms with Crippen molar-refractivity contribution in [3.63, 3.8) is 0 Å². The highest BCUT2D eigenvalue weighted by Crippen LogP contribution is 2.35. The number of methoxy groups -OCH3 is 1. The first-order chi connectivity index (χ1) is 18.0. The van der Waals surface area contributed by atoms with Crippen molar-refractivity contribution in [2.24, 2.45) is 0 Å². The molecule has 3 aromatic heterocycles. The van der Waals surface area contributed by atoms with Gasteiger partial charge in [0.25, 0.3) is 5.91 Å². The molecule has 1 N–H and O–H groups in total. The standard InChI is InChI=1S/C27H15ClN6O2S/c1-36-23-9-4-16(13-30)10-19(23)18-11-24(28)31-14-20(18)25(35)34-27-33-22-8-7-21(32-26(22)37-27)17-5-2-15(12-29)3-6-17/h2-11,14H,1H3,(H,33,34,35). The second kappa shape index (κ2) is 10.0. The summed E-state index contributed by atoms with van der Waals surface area (Å²) >= 11 is 7.39. The average molecular weight is 523 g/mol. The lowest BCUT2D eigenvalue weighted by molar-refractivity contribution is 0.102. The van der Waals surface area contributed by atoms with Gasteiger partial charge < -0.3 is 4.74 Å². The second-order valence-corrected chi connectivity index (χ2v) is 9.13. The van der Waals surface area contributed by atoms with Crippen molar-refractivity contribution < 1.29 is 9.53 Å². The topological polar surface area (TPSA) is 125 Å². The molecule has 0 fully saturated rings. The number of benzene rings is 2. The number of fused-ring (bicyclic) bond motifs is 1. The molecule has 0 spiro atoms. The molecule has 2 aromatic carbocycles. The molecule has 5 rings (SSSR count). The van der Waals surface area contributed by atoms with Crippen LogP contribution in [-0.4, -0.2) is 28.0 Å². The van der Waals surface area contributed by atoms with Gasteiger partial charge in [0.05, 0.1) is 41.6 Å². The van der Waals surface area contributed by atoms with E-state index in [1.54, 1.807) is 36.4 Å². The number of nitrogens with one attached hydrogen (secondary N) is 1. The molecular weight excluding hydrogens is 508 g/mol. The molecule has 0 radical (unpaired) electrons. The molecule has 8 nitrogen and oxygen atoms in total. The number of anilines is 1. The van der Waals surface area contributed by atoms with Crippen molar-refractivity contribution in [2.45, 2.75) is 0 Å². The third-order valence-corrected chi connectivity index (χ3v) is 6.61. The largest absolute Gasteiger partial charge is 0.496 e. The number of amides is 1. The Balaban J connectivity index is 1.48. The van der Waals surface area contributed by atoms with E-state index in [4.69, 9.17) is 21.6 Å². The minimum absolute atomic E-state index is 0.190. The summed E-state index contributed by atoms with van der Waals surface area (Å²) in [5.74, 6) is 0.0322. The number of carbonyl (C=O) groups is 1. The van der Waals surface area contributed by atoms with E-state index < -0.39 is 5.91 Å². The normalized spacial score (nSPS) is 10.5. The van der Waals surface area contributed by atoms with Crippen molar-refractivity contribution in [3.8, 4) is 40.3 Å². The van der Waals surface area contributed by atoms with E-state index in [9.17, 15) is 10.1 Å². The minimum atomic E-state index is -0.449. The predicted octanol–water partition coefficient (Wildman–Crippen LogP) is 6.08. The Labute approximate surface area is 220 Å². The zero-order chi connectivity index (χ0) is 25.9. The molecule has 1 amide bonds. The summed E-state index contributed by atoms with van der Waals surface area (Å²) in [6.45, 7) is 0. The summed E-state index contributed by atoms with van der Waals surface area (Å²) < 4.78 is 5.45. The van der Waals surface area contributed by atoms with Crippen molar-refractivity contribution in [2.75, 3.05) is 12.4 Å². The lowest BCUT2D eigenvalue weighted by Gasteiger charge is -2.13. The fraction of sp³-hybridized carbons (Fsp3) is 0.0370. The first kappa shape index (κ1) is 23.9. The van der Waals surface area contributed by atoms with E-state index in [1.165, 1.54) is 24.6 Å². The number of hydrogen-bond acceptors (Lipinski definition) is 8. The molecule has 0 saturated carbocycles. The van der Waals surface area contributed by atoms with Gasteiger partial charge in [0, 0.05) is 22.9 Å². The van der Waals surface area contributed by atoms with Crippen LogP contribution in [0.15, 0.2) is 66.9 Å². The van der Waals surface area contributed by atoms with Gasteiger partial charge in [-0.25, -0.2) is 15.0 Å². The lowest BCUT2D eigenvalue weighted by atomic mass is 9.98. The molecule has 5 aromatic rings. The molecular formula is C27H15ClN6O2S. The number of nitrogens with zero attached hydrogens (tertiary/aromatic N) is 5. The van der Waals surface area contributed by atoms with Crippen molar-refractivity contribution in [1.29, 1.82) is 10.5 Å². The minimum Gasteiger partial charge on any atom is -0.496 e. The molecule has 0 aliphatic carbocycles. The van der Waals surface area contributed by atoms with Crippen LogP contribution in [0, 0.1) is 22.7 Å². The highest BCUT2D eigenvalue weighted by molar-refractivity contribution is 7.22. The molecule has 0 aliphatic rings. The van der Waals surface area contributed by atoms with Crippen LogP contribution in [-0.2, 0) is 0 Å². The van der Waals surface area contributed by atoms with Gasteiger partial charge in [-0.15, -0.1) is 0 Å². The van der Waals surface area contributed by atoms with Gasteiger partial charge in [0.2, 0.25) is 0 Å². The van der Waals surface area contributed by atoms with Crippen LogP contribution in [0.2, 0.25) is 5.15 Å². The number of thiazole rings is 1. The molecule has 10 heteroatoms. The average Bonchev–Trinajstić information content (AvgIpc) is 3.34. The summed E-state index contributed by atoms with van der Waals surface area (Å²) in [6.07, 6.45) is 1.38. The van der Waals surface area contributed by atoms with Crippen LogP contribution in [0.4, 0.5) is 5.13 Å². The van der Waals surface area contributed by atoms with Crippen LogP contribution in [0.5, 0.6) is 5.75 Å². The zero-order valence-corrected chi connectivity index (χ0v) is 20.8. The number of hydrogen-bond donors (Lipinski definition) is 1. The van der Waals surface area contributed by atoms with E-state index >= 15 is 0 Å². The van der Waals surface area contributed by atoms with Gasteiger partial charge in [-0.05, 0) is 48.5 Å². The van der Waals surface area contributed by atoms with Gasteiger partial charge in [0.15, 0.2) is 5.13 Å². The highest BCUT2D eigenvalue weighted by atomic mass is 35.5. The maximum Gasteiger partial charge on any atom is 0.259 e. The van der Waals surface area contributed by atoms with Crippen LogP contribution in [0.1, 0.15) is 21.5 Å². The predicted molar refractivity (Wildman–Crippen MR) is 141 cm³/mol. The van der Waals surface area contributed by atoms with Gasteiger partial charge in [0.1, 0.15) is 21.2 Å². The van der Waals surface area contributed by atoms with E-state index in [-0.39, 0.29) is 10.7 Å². The quantitative estimate of drug-likeness (QED) is 0.277. The smallest absolute Gasteiger partial charge is 0.259 e. The number of carbonyl (C=O) groups excluding carboxylic acids is 1. The van der Waals surface area contributed by atoms with Gasteiger partial charge in [-0.1, -0.05) is 35.1 Å². The molecule has 0 saturated heterocycles. The van der Waals surface area contributed by atoms with Gasteiger partial charge in [-0.2, -0.15) is 10.5 Å². The number of pyridine rings is 2. The van der Waals surface area contributed by atoms with E-state index in [2.05, 4.69) is 32.4 Å².